The van der Waals surface area contributed by atoms with Crippen LogP contribution in [0, 0.1) is 25.0 Å². The molecule has 0 fully saturated rings. The van der Waals surface area contributed by atoms with E-state index in [9.17, 15) is 20.2 Å². The molecule has 1 heterocycles. The maximum Gasteiger partial charge on any atom is 0.277 e. The van der Waals surface area contributed by atoms with Crippen LogP contribution in [0.1, 0.15) is 0 Å². The SMILES string of the molecule is O=[N+]([O-])c1cc(-c2nn(-c3ccccc3)c(=S)n2-c2ccccc2)cc([N+](=O)[O-])c1. The number of non-ortho nitro benzene ring substituents is 2. The molecule has 0 aliphatic rings. The standard InChI is InChI=1S/C20H13N5O4S/c26-24(27)17-11-14(12-18(13-17)25(28)29)19-21-23(16-9-5-2-6-10-16)20(30)22(19)15-7-3-1-4-8-15/h1-13H. The van der Waals surface area contributed by atoms with E-state index in [0.717, 1.165) is 6.07 Å². The third-order valence-corrected chi connectivity index (χ3v) is 4.73. The van der Waals surface area contributed by atoms with Gasteiger partial charge in [-0.3, -0.25) is 24.8 Å². The van der Waals surface area contributed by atoms with Crippen molar-refractivity contribution >= 4 is 23.6 Å². The highest BCUT2D eigenvalue weighted by Gasteiger charge is 2.22. The zero-order valence-corrected chi connectivity index (χ0v) is 16.1. The molecule has 148 valence electrons. The summed E-state index contributed by atoms with van der Waals surface area (Å²) in [7, 11) is 0. The van der Waals surface area contributed by atoms with Crippen LogP contribution in [0.2, 0.25) is 0 Å². The highest BCUT2D eigenvalue weighted by atomic mass is 32.1. The van der Waals surface area contributed by atoms with Crippen LogP contribution in [0.5, 0.6) is 0 Å². The zero-order valence-electron chi connectivity index (χ0n) is 15.3. The van der Waals surface area contributed by atoms with Crippen LogP contribution in [0.25, 0.3) is 22.8 Å². The fraction of sp³-hybridized carbons (Fsp3) is 0. The van der Waals surface area contributed by atoms with Gasteiger partial charge < -0.3 is 0 Å². The number of nitro groups is 2. The van der Waals surface area contributed by atoms with Gasteiger partial charge >= 0.3 is 0 Å². The van der Waals surface area contributed by atoms with Crippen molar-refractivity contribution in [3.63, 3.8) is 0 Å². The first-order valence-electron chi connectivity index (χ1n) is 8.73. The van der Waals surface area contributed by atoms with Crippen LogP contribution >= 0.6 is 12.2 Å². The summed E-state index contributed by atoms with van der Waals surface area (Å²) in [4.78, 5) is 21.3. The number of para-hydroxylation sites is 2. The van der Waals surface area contributed by atoms with Gasteiger partial charge in [-0.1, -0.05) is 36.4 Å². The molecule has 0 spiro atoms. The van der Waals surface area contributed by atoms with Crippen molar-refractivity contribution in [3.05, 3.63) is 104 Å². The summed E-state index contributed by atoms with van der Waals surface area (Å²) in [5, 5.41) is 27.2. The lowest BCUT2D eigenvalue weighted by molar-refractivity contribution is -0.394. The molecule has 0 atom stereocenters. The van der Waals surface area contributed by atoms with Gasteiger partial charge in [-0.25, -0.2) is 4.68 Å². The van der Waals surface area contributed by atoms with Gasteiger partial charge in [0.2, 0.25) is 4.77 Å². The molecular weight excluding hydrogens is 406 g/mol. The van der Waals surface area contributed by atoms with E-state index in [-0.39, 0.29) is 11.4 Å². The second-order valence-electron chi connectivity index (χ2n) is 6.28. The molecule has 30 heavy (non-hydrogen) atoms. The smallest absolute Gasteiger partial charge is 0.268 e. The lowest BCUT2D eigenvalue weighted by atomic mass is 10.1. The largest absolute Gasteiger partial charge is 0.277 e. The minimum atomic E-state index is -0.674. The maximum absolute atomic E-state index is 11.3. The van der Waals surface area contributed by atoms with Gasteiger partial charge in [-0.15, -0.1) is 5.10 Å². The van der Waals surface area contributed by atoms with Crippen LogP contribution in [0.15, 0.2) is 78.9 Å². The number of hydrogen-bond acceptors (Lipinski definition) is 6. The molecule has 0 N–H and O–H groups in total. The second kappa shape index (κ2) is 7.68. The van der Waals surface area contributed by atoms with Gasteiger partial charge in [0.25, 0.3) is 11.4 Å². The van der Waals surface area contributed by atoms with E-state index < -0.39 is 21.2 Å². The molecule has 10 heteroatoms. The summed E-state index contributed by atoms with van der Waals surface area (Å²) in [5.41, 5.74) is 0.769. The number of nitro benzene ring substituents is 2. The third kappa shape index (κ3) is 3.47. The second-order valence-corrected chi connectivity index (χ2v) is 6.64. The van der Waals surface area contributed by atoms with Crippen molar-refractivity contribution in [2.75, 3.05) is 0 Å². The van der Waals surface area contributed by atoms with Crippen molar-refractivity contribution in [2.24, 2.45) is 0 Å². The molecule has 3 aromatic carbocycles. The molecule has 0 radical (unpaired) electrons. The Balaban J connectivity index is 2.04. The lowest BCUT2D eigenvalue weighted by Gasteiger charge is -2.06. The highest BCUT2D eigenvalue weighted by molar-refractivity contribution is 7.71. The fourth-order valence-corrected chi connectivity index (χ4v) is 3.37. The first-order valence-corrected chi connectivity index (χ1v) is 9.13. The van der Waals surface area contributed by atoms with Crippen molar-refractivity contribution in [1.29, 1.82) is 0 Å². The van der Waals surface area contributed by atoms with Gasteiger partial charge in [0.1, 0.15) is 0 Å². The van der Waals surface area contributed by atoms with Crippen LogP contribution < -0.4 is 0 Å². The summed E-state index contributed by atoms with van der Waals surface area (Å²) in [6.45, 7) is 0. The minimum Gasteiger partial charge on any atom is -0.268 e. The number of benzene rings is 3. The fourth-order valence-electron chi connectivity index (χ4n) is 3.04. The molecule has 0 saturated carbocycles. The Labute approximate surface area is 174 Å². The van der Waals surface area contributed by atoms with Crippen LogP contribution in [0.3, 0.4) is 0 Å². The molecule has 0 aliphatic carbocycles. The Kier molecular flexibility index (Phi) is 4.90. The molecule has 0 saturated heterocycles. The monoisotopic (exact) mass is 419 g/mol. The van der Waals surface area contributed by atoms with Crippen molar-refractivity contribution < 1.29 is 9.85 Å². The topological polar surface area (TPSA) is 109 Å². The summed E-state index contributed by atoms with van der Waals surface area (Å²) in [6, 6.07) is 21.6. The minimum absolute atomic E-state index is 0.209. The van der Waals surface area contributed by atoms with Crippen molar-refractivity contribution in [3.8, 4) is 22.8 Å². The average molecular weight is 419 g/mol. The molecule has 0 amide bonds. The summed E-state index contributed by atoms with van der Waals surface area (Å²) in [5.74, 6) is 0.252. The van der Waals surface area contributed by atoms with Gasteiger partial charge in [-0.05, 0) is 36.5 Å². The number of aromatic nitrogens is 3. The van der Waals surface area contributed by atoms with E-state index in [0.29, 0.717) is 16.1 Å². The van der Waals surface area contributed by atoms with Crippen LogP contribution in [0.4, 0.5) is 11.4 Å². The Morgan fingerprint density at radius 2 is 1.27 bits per heavy atom. The Morgan fingerprint density at radius 3 is 1.77 bits per heavy atom. The summed E-state index contributed by atoms with van der Waals surface area (Å²) >= 11 is 5.64. The predicted molar refractivity (Wildman–Crippen MR) is 112 cm³/mol. The zero-order chi connectivity index (χ0) is 21.3. The molecule has 4 aromatic rings. The molecule has 0 bridgehead atoms. The van der Waals surface area contributed by atoms with E-state index in [4.69, 9.17) is 12.2 Å². The van der Waals surface area contributed by atoms with Gasteiger partial charge in [0.15, 0.2) is 5.82 Å². The van der Waals surface area contributed by atoms with E-state index >= 15 is 0 Å². The predicted octanol–water partition coefficient (Wildman–Crippen LogP) is 4.88. The first kappa shape index (κ1) is 19.2. The number of rotatable bonds is 5. The highest BCUT2D eigenvalue weighted by Crippen LogP contribution is 2.31. The summed E-state index contributed by atoms with van der Waals surface area (Å²) < 4.78 is 3.46. The molecule has 1 aromatic heterocycles. The number of nitrogens with zero attached hydrogens (tertiary/aromatic N) is 5. The molecule has 4 rings (SSSR count). The van der Waals surface area contributed by atoms with E-state index in [1.807, 2.05) is 60.7 Å². The Morgan fingerprint density at radius 1 is 0.767 bits per heavy atom. The van der Waals surface area contributed by atoms with Gasteiger partial charge in [-0.2, -0.15) is 0 Å². The number of hydrogen-bond donors (Lipinski definition) is 0. The third-order valence-electron chi connectivity index (χ3n) is 4.38. The molecular formula is C20H13N5O4S. The lowest BCUT2D eigenvalue weighted by Crippen LogP contribution is -2.00. The Hall–Kier alpha value is -4.18. The van der Waals surface area contributed by atoms with E-state index in [1.165, 1.54) is 16.8 Å². The van der Waals surface area contributed by atoms with E-state index in [2.05, 4.69) is 5.10 Å². The van der Waals surface area contributed by atoms with E-state index in [1.54, 1.807) is 4.57 Å². The molecule has 0 unspecified atom stereocenters. The first-order chi connectivity index (χ1) is 14.5. The Bertz CT molecular complexity index is 1280. The molecule has 0 aliphatic heterocycles. The van der Waals surface area contributed by atoms with Crippen LogP contribution in [-0.4, -0.2) is 24.2 Å². The average Bonchev–Trinajstić information content (AvgIpc) is 3.11. The van der Waals surface area contributed by atoms with Gasteiger partial charge in [0.05, 0.1) is 21.6 Å². The normalized spacial score (nSPS) is 10.7. The maximum atomic E-state index is 11.3. The van der Waals surface area contributed by atoms with Crippen molar-refractivity contribution in [1.82, 2.24) is 14.3 Å². The van der Waals surface area contributed by atoms with Crippen molar-refractivity contribution in [2.45, 2.75) is 0 Å². The summed E-state index contributed by atoms with van der Waals surface area (Å²) in [6.07, 6.45) is 0. The molecule has 9 nitrogen and oxygen atoms in total. The quantitative estimate of drug-likeness (QED) is 0.259. The van der Waals surface area contributed by atoms with Crippen LogP contribution in [-0.2, 0) is 0 Å². The van der Waals surface area contributed by atoms with Gasteiger partial charge in [0, 0.05) is 23.4 Å².